The first-order valence-electron chi connectivity index (χ1n) is 11.0. The van der Waals surface area contributed by atoms with Gasteiger partial charge in [0.2, 0.25) is 5.91 Å². The maximum absolute atomic E-state index is 13.0. The molecule has 1 unspecified atom stereocenters. The molecule has 0 bridgehead atoms. The van der Waals surface area contributed by atoms with Gasteiger partial charge in [0.25, 0.3) is 5.91 Å². The largest absolute Gasteiger partial charge is 0.427 e. The molecule has 7 nitrogen and oxygen atoms in total. The SMILES string of the molecule is Cc1cc(C2CCCNC2)oc(=O)c1C(=O)N1CCC(C(=O)N2CCCC2)CC1. The van der Waals surface area contributed by atoms with E-state index < -0.39 is 5.63 Å². The smallest absolute Gasteiger partial charge is 0.349 e. The van der Waals surface area contributed by atoms with E-state index in [1.165, 1.54) is 0 Å². The van der Waals surface area contributed by atoms with Gasteiger partial charge in [-0.2, -0.15) is 0 Å². The predicted octanol–water partition coefficient (Wildman–Crippen LogP) is 1.89. The summed E-state index contributed by atoms with van der Waals surface area (Å²) in [5.74, 6) is 0.820. The fraction of sp³-hybridized carbons (Fsp3) is 0.682. The number of amides is 2. The summed E-state index contributed by atoms with van der Waals surface area (Å²) in [7, 11) is 0. The monoisotopic (exact) mass is 401 g/mol. The van der Waals surface area contributed by atoms with Crippen molar-refractivity contribution >= 4 is 11.8 Å². The minimum atomic E-state index is -0.536. The lowest BCUT2D eigenvalue weighted by molar-refractivity contribution is -0.135. The molecule has 4 heterocycles. The number of rotatable bonds is 3. The van der Waals surface area contributed by atoms with Crippen LogP contribution in [0.2, 0.25) is 0 Å². The van der Waals surface area contributed by atoms with Crippen molar-refractivity contribution < 1.29 is 14.0 Å². The van der Waals surface area contributed by atoms with E-state index in [0.717, 1.165) is 51.9 Å². The maximum Gasteiger partial charge on any atom is 0.349 e. The third-order valence-electron chi connectivity index (χ3n) is 6.63. The Labute approximate surface area is 171 Å². The van der Waals surface area contributed by atoms with Gasteiger partial charge in [0.05, 0.1) is 0 Å². The predicted molar refractivity (Wildman–Crippen MR) is 109 cm³/mol. The van der Waals surface area contributed by atoms with Gasteiger partial charge in [-0.1, -0.05) is 0 Å². The zero-order chi connectivity index (χ0) is 20.4. The van der Waals surface area contributed by atoms with Crippen LogP contribution in [0.1, 0.15) is 66.1 Å². The molecule has 0 aliphatic carbocycles. The van der Waals surface area contributed by atoms with E-state index in [-0.39, 0.29) is 29.2 Å². The van der Waals surface area contributed by atoms with Crippen molar-refractivity contribution in [3.8, 4) is 0 Å². The molecular weight excluding hydrogens is 370 g/mol. The van der Waals surface area contributed by atoms with Crippen LogP contribution in [0, 0.1) is 12.8 Å². The number of hydrogen-bond acceptors (Lipinski definition) is 5. The Balaban J connectivity index is 1.42. The van der Waals surface area contributed by atoms with E-state index >= 15 is 0 Å². The normalized spacial score (nSPS) is 23.4. The third kappa shape index (κ3) is 4.25. The molecular formula is C22H31N3O4. The summed E-state index contributed by atoms with van der Waals surface area (Å²) in [6.45, 7) is 6.35. The van der Waals surface area contributed by atoms with Crippen LogP contribution < -0.4 is 10.9 Å². The molecule has 1 N–H and O–H groups in total. The quantitative estimate of drug-likeness (QED) is 0.836. The summed E-state index contributed by atoms with van der Waals surface area (Å²) in [4.78, 5) is 41.9. The molecule has 1 aromatic rings. The highest BCUT2D eigenvalue weighted by atomic mass is 16.4. The first-order valence-corrected chi connectivity index (χ1v) is 11.0. The van der Waals surface area contributed by atoms with E-state index in [1.807, 2.05) is 17.9 Å². The second-order valence-electron chi connectivity index (χ2n) is 8.64. The van der Waals surface area contributed by atoms with Crippen molar-refractivity contribution in [2.24, 2.45) is 5.92 Å². The molecule has 1 atom stereocenters. The molecule has 1 aromatic heterocycles. The van der Waals surface area contributed by atoms with Gasteiger partial charge in [-0.05, 0) is 63.6 Å². The van der Waals surface area contributed by atoms with Crippen molar-refractivity contribution in [3.05, 3.63) is 33.4 Å². The summed E-state index contributed by atoms with van der Waals surface area (Å²) in [5.41, 5.74) is 0.287. The van der Waals surface area contributed by atoms with Crippen LogP contribution in [0.4, 0.5) is 0 Å². The molecule has 0 spiro atoms. The first-order chi connectivity index (χ1) is 14.0. The highest BCUT2D eigenvalue weighted by molar-refractivity contribution is 5.95. The molecule has 3 fully saturated rings. The van der Waals surface area contributed by atoms with Crippen LogP contribution >= 0.6 is 0 Å². The van der Waals surface area contributed by atoms with E-state index in [0.29, 0.717) is 37.3 Å². The average Bonchev–Trinajstić information content (AvgIpc) is 3.28. The number of nitrogens with one attached hydrogen (secondary N) is 1. The zero-order valence-electron chi connectivity index (χ0n) is 17.2. The topological polar surface area (TPSA) is 82.9 Å². The molecule has 3 aliphatic heterocycles. The van der Waals surface area contributed by atoms with Crippen molar-refractivity contribution in [2.75, 3.05) is 39.3 Å². The molecule has 0 aromatic carbocycles. The van der Waals surface area contributed by atoms with Gasteiger partial charge in [0.15, 0.2) is 0 Å². The van der Waals surface area contributed by atoms with Crippen molar-refractivity contribution in [1.82, 2.24) is 15.1 Å². The highest BCUT2D eigenvalue weighted by Gasteiger charge is 2.33. The van der Waals surface area contributed by atoms with Gasteiger partial charge in [-0.3, -0.25) is 9.59 Å². The second kappa shape index (κ2) is 8.69. The van der Waals surface area contributed by atoms with E-state index in [2.05, 4.69) is 5.32 Å². The van der Waals surface area contributed by atoms with Gasteiger partial charge in [-0.15, -0.1) is 0 Å². The standard InChI is InChI=1S/C22H31N3O4/c1-15-13-18(17-5-4-8-23-14-17)29-22(28)19(15)21(27)25-11-6-16(7-12-25)20(26)24-9-2-3-10-24/h13,16-17,23H,2-12,14H2,1H3. The summed E-state index contributed by atoms with van der Waals surface area (Å²) >= 11 is 0. The zero-order valence-corrected chi connectivity index (χ0v) is 17.2. The number of nitrogens with zero attached hydrogens (tertiary/aromatic N) is 2. The first kappa shape index (κ1) is 20.1. The van der Waals surface area contributed by atoms with Gasteiger partial charge in [0, 0.05) is 44.6 Å². The lowest BCUT2D eigenvalue weighted by atomic mass is 9.94. The molecule has 0 saturated carbocycles. The Morgan fingerprint density at radius 2 is 1.76 bits per heavy atom. The molecule has 158 valence electrons. The fourth-order valence-electron chi connectivity index (χ4n) is 4.87. The molecule has 29 heavy (non-hydrogen) atoms. The van der Waals surface area contributed by atoms with Crippen molar-refractivity contribution in [2.45, 2.75) is 51.4 Å². The number of carbonyl (C=O) groups excluding carboxylic acids is 2. The Morgan fingerprint density at radius 3 is 2.38 bits per heavy atom. The fourth-order valence-corrected chi connectivity index (χ4v) is 4.87. The lowest BCUT2D eigenvalue weighted by Gasteiger charge is -2.33. The number of aryl methyl sites for hydroxylation is 1. The molecule has 0 radical (unpaired) electrons. The van der Waals surface area contributed by atoms with Gasteiger partial charge < -0.3 is 19.5 Å². The lowest BCUT2D eigenvalue weighted by Crippen LogP contribution is -2.44. The Morgan fingerprint density at radius 1 is 1.03 bits per heavy atom. The van der Waals surface area contributed by atoms with Gasteiger partial charge >= 0.3 is 5.63 Å². The summed E-state index contributed by atoms with van der Waals surface area (Å²) in [6.07, 6.45) is 5.55. The second-order valence-corrected chi connectivity index (χ2v) is 8.64. The van der Waals surface area contributed by atoms with Crippen LogP contribution in [0.25, 0.3) is 0 Å². The van der Waals surface area contributed by atoms with Crippen LogP contribution in [0.15, 0.2) is 15.3 Å². The van der Waals surface area contributed by atoms with Gasteiger partial charge in [0.1, 0.15) is 11.3 Å². The summed E-state index contributed by atoms with van der Waals surface area (Å²) < 4.78 is 5.56. The van der Waals surface area contributed by atoms with Crippen LogP contribution in [-0.4, -0.2) is 60.9 Å². The number of carbonyl (C=O) groups is 2. The summed E-state index contributed by atoms with van der Waals surface area (Å²) in [5, 5.41) is 3.33. The van der Waals surface area contributed by atoms with Crippen LogP contribution in [0.5, 0.6) is 0 Å². The number of piperidine rings is 2. The maximum atomic E-state index is 13.0. The molecule has 3 aliphatic rings. The van der Waals surface area contributed by atoms with Crippen LogP contribution in [0.3, 0.4) is 0 Å². The van der Waals surface area contributed by atoms with Gasteiger partial charge in [-0.25, -0.2) is 4.79 Å². The van der Waals surface area contributed by atoms with Crippen LogP contribution in [-0.2, 0) is 4.79 Å². The molecule has 4 rings (SSSR count). The molecule has 2 amide bonds. The van der Waals surface area contributed by atoms with E-state index in [9.17, 15) is 14.4 Å². The van der Waals surface area contributed by atoms with Crippen molar-refractivity contribution in [3.63, 3.8) is 0 Å². The Bertz CT molecular complexity index is 814. The Kier molecular flexibility index (Phi) is 6.04. The minimum Gasteiger partial charge on any atom is -0.427 e. The average molecular weight is 402 g/mol. The number of likely N-dealkylation sites (tertiary alicyclic amines) is 2. The highest BCUT2D eigenvalue weighted by Crippen LogP contribution is 2.26. The van der Waals surface area contributed by atoms with Crippen molar-refractivity contribution in [1.29, 1.82) is 0 Å². The summed E-state index contributed by atoms with van der Waals surface area (Å²) in [6, 6.07) is 1.86. The Hall–Kier alpha value is -2.15. The van der Waals surface area contributed by atoms with E-state index in [4.69, 9.17) is 4.42 Å². The van der Waals surface area contributed by atoms with E-state index in [1.54, 1.807) is 4.90 Å². The third-order valence-corrected chi connectivity index (χ3v) is 6.63. The number of hydrogen-bond donors (Lipinski definition) is 1. The molecule has 7 heteroatoms. The molecule has 3 saturated heterocycles. The minimum absolute atomic E-state index is 0.00386.